The normalized spacial score (nSPS) is 19.5. The van der Waals surface area contributed by atoms with E-state index in [1.54, 1.807) is 0 Å². The van der Waals surface area contributed by atoms with E-state index in [9.17, 15) is 0 Å². The van der Waals surface area contributed by atoms with Gasteiger partial charge in [0.15, 0.2) is 5.82 Å². The third-order valence-corrected chi connectivity index (χ3v) is 5.91. The Morgan fingerprint density at radius 3 is 2.93 bits per heavy atom. The van der Waals surface area contributed by atoms with Gasteiger partial charge in [0.05, 0.1) is 24.7 Å². The van der Waals surface area contributed by atoms with Gasteiger partial charge in [-0.25, -0.2) is 0 Å². The predicted molar refractivity (Wildman–Crippen MR) is 112 cm³/mol. The number of nitrogens with one attached hydrogen (secondary N) is 2. The van der Waals surface area contributed by atoms with Crippen molar-refractivity contribution in [3.63, 3.8) is 0 Å². The maximum absolute atomic E-state index is 9.00. The Bertz CT molecular complexity index is 1030. The summed E-state index contributed by atoms with van der Waals surface area (Å²) in [7, 11) is 0. The van der Waals surface area contributed by atoms with Crippen LogP contribution in [-0.2, 0) is 13.0 Å². The number of anilines is 2. The molecule has 0 saturated carbocycles. The summed E-state index contributed by atoms with van der Waals surface area (Å²) < 4.78 is 0. The molecule has 0 radical (unpaired) electrons. The van der Waals surface area contributed by atoms with Gasteiger partial charge in [0.1, 0.15) is 0 Å². The first-order chi connectivity index (χ1) is 13.8. The molecule has 1 aromatic heterocycles. The fraction of sp³-hybridized carbons (Fsp3) is 0.364. The van der Waals surface area contributed by atoms with Crippen molar-refractivity contribution in [2.45, 2.75) is 25.4 Å². The Morgan fingerprint density at radius 2 is 2.00 bits per heavy atom. The average molecular weight is 372 g/mol. The molecule has 2 aromatic carbocycles. The topological polar surface area (TPSA) is 71.0 Å². The summed E-state index contributed by atoms with van der Waals surface area (Å²) in [6.45, 7) is 4.52. The first kappa shape index (κ1) is 17.1. The molecule has 2 aliphatic heterocycles. The van der Waals surface area contributed by atoms with E-state index in [1.165, 1.54) is 27.7 Å². The summed E-state index contributed by atoms with van der Waals surface area (Å²) >= 11 is 0. The van der Waals surface area contributed by atoms with Crippen LogP contribution in [0, 0.1) is 11.3 Å². The highest BCUT2D eigenvalue weighted by molar-refractivity contribution is 5.94. The minimum Gasteiger partial charge on any atom is -0.365 e. The highest BCUT2D eigenvalue weighted by Crippen LogP contribution is 2.33. The molecule has 2 aliphatic rings. The summed E-state index contributed by atoms with van der Waals surface area (Å²) in [6.07, 6.45) is 1.52. The highest BCUT2D eigenvalue weighted by Gasteiger charge is 2.28. The Morgan fingerprint density at radius 1 is 1.11 bits per heavy atom. The summed E-state index contributed by atoms with van der Waals surface area (Å²) in [5.74, 6) is 1.08. The van der Waals surface area contributed by atoms with Crippen molar-refractivity contribution >= 4 is 22.3 Å². The third-order valence-electron chi connectivity index (χ3n) is 5.91. The molecule has 1 unspecified atom stereocenters. The Balaban J connectivity index is 1.40. The van der Waals surface area contributed by atoms with Crippen LogP contribution in [0.3, 0.4) is 0 Å². The van der Waals surface area contributed by atoms with Gasteiger partial charge < -0.3 is 15.1 Å². The number of nitrogens with zero attached hydrogens (tertiary/aromatic N) is 4. The summed E-state index contributed by atoms with van der Waals surface area (Å²) in [6, 6.07) is 17.6. The zero-order valence-electron chi connectivity index (χ0n) is 15.9. The van der Waals surface area contributed by atoms with E-state index in [0.29, 0.717) is 6.42 Å². The van der Waals surface area contributed by atoms with E-state index in [-0.39, 0.29) is 6.04 Å². The number of aromatic nitrogens is 2. The van der Waals surface area contributed by atoms with Gasteiger partial charge in [-0.1, -0.05) is 36.4 Å². The number of nitriles is 1. The molecule has 0 bridgehead atoms. The van der Waals surface area contributed by atoms with Crippen LogP contribution in [0.4, 0.5) is 11.5 Å². The molecule has 0 aliphatic carbocycles. The van der Waals surface area contributed by atoms with Crippen LogP contribution in [0.1, 0.15) is 17.7 Å². The molecule has 142 valence electrons. The minimum atomic E-state index is 0.224. The number of rotatable bonds is 3. The van der Waals surface area contributed by atoms with E-state index >= 15 is 0 Å². The number of hydrogen-bond acceptors (Lipinski definition) is 5. The fourth-order valence-electron chi connectivity index (χ4n) is 4.52. The van der Waals surface area contributed by atoms with Crippen LogP contribution in [0.15, 0.2) is 42.5 Å². The van der Waals surface area contributed by atoms with Crippen LogP contribution in [0.25, 0.3) is 10.8 Å². The molecular weight excluding hydrogens is 348 g/mol. The van der Waals surface area contributed by atoms with Crippen molar-refractivity contribution in [2.24, 2.45) is 0 Å². The van der Waals surface area contributed by atoms with Crippen molar-refractivity contribution in [2.75, 3.05) is 36.0 Å². The standard InChI is InChI=1S/C22H24N6/c23-10-8-17-14-28(13-11-24-17)22-19-9-12-27(15-20(19)25-26-22)21-7-3-5-16-4-1-2-6-18(16)21/h1-7,17,24H,8-9,11-15H2,(H,25,26). The number of hydrogen-bond donors (Lipinski definition) is 2. The number of H-pyrrole nitrogens is 1. The Kier molecular flexibility index (Phi) is 4.38. The average Bonchev–Trinajstić information content (AvgIpc) is 3.17. The molecule has 6 nitrogen and oxygen atoms in total. The lowest BCUT2D eigenvalue weighted by atomic mass is 10.0. The first-order valence-electron chi connectivity index (χ1n) is 9.97. The van der Waals surface area contributed by atoms with Crippen molar-refractivity contribution < 1.29 is 0 Å². The van der Waals surface area contributed by atoms with Gasteiger partial charge in [0, 0.05) is 48.9 Å². The molecule has 28 heavy (non-hydrogen) atoms. The summed E-state index contributed by atoms with van der Waals surface area (Å²) in [4.78, 5) is 4.78. The monoisotopic (exact) mass is 372 g/mol. The zero-order chi connectivity index (χ0) is 18.9. The smallest absolute Gasteiger partial charge is 0.154 e. The number of benzene rings is 2. The second-order valence-corrected chi connectivity index (χ2v) is 7.63. The van der Waals surface area contributed by atoms with Gasteiger partial charge in [-0.05, 0) is 17.9 Å². The van der Waals surface area contributed by atoms with Gasteiger partial charge in [-0.3, -0.25) is 5.10 Å². The van der Waals surface area contributed by atoms with Gasteiger partial charge >= 0.3 is 0 Å². The van der Waals surface area contributed by atoms with Gasteiger partial charge in [-0.15, -0.1) is 0 Å². The highest BCUT2D eigenvalue weighted by atomic mass is 15.3. The number of fused-ring (bicyclic) bond motifs is 2. The van der Waals surface area contributed by atoms with Crippen molar-refractivity contribution in [3.05, 3.63) is 53.7 Å². The molecule has 5 rings (SSSR count). The van der Waals surface area contributed by atoms with Crippen LogP contribution >= 0.6 is 0 Å². The van der Waals surface area contributed by atoms with Crippen molar-refractivity contribution in [3.8, 4) is 6.07 Å². The number of piperazine rings is 1. The molecule has 2 N–H and O–H groups in total. The molecule has 1 fully saturated rings. The SMILES string of the molecule is N#CCC1CN(c2n[nH]c3c2CCN(c2cccc4ccccc24)C3)CCN1. The Labute approximate surface area is 164 Å². The molecule has 6 heteroatoms. The van der Waals surface area contributed by atoms with Crippen molar-refractivity contribution in [1.82, 2.24) is 15.5 Å². The van der Waals surface area contributed by atoms with E-state index in [2.05, 4.69) is 73.8 Å². The quantitative estimate of drug-likeness (QED) is 0.740. The molecule has 3 aromatic rings. The van der Waals surface area contributed by atoms with Crippen LogP contribution in [0.2, 0.25) is 0 Å². The van der Waals surface area contributed by atoms with Crippen molar-refractivity contribution in [1.29, 1.82) is 5.26 Å². The maximum atomic E-state index is 9.00. The van der Waals surface area contributed by atoms with E-state index in [0.717, 1.165) is 45.0 Å². The second kappa shape index (κ2) is 7.17. The van der Waals surface area contributed by atoms with Crippen LogP contribution < -0.4 is 15.1 Å². The lowest BCUT2D eigenvalue weighted by molar-refractivity contribution is 0.460. The minimum absolute atomic E-state index is 0.224. The molecule has 1 saturated heterocycles. The summed E-state index contributed by atoms with van der Waals surface area (Å²) in [5, 5.41) is 23.0. The molecule has 0 amide bonds. The maximum Gasteiger partial charge on any atom is 0.154 e. The third kappa shape index (κ3) is 2.98. The lowest BCUT2D eigenvalue weighted by Gasteiger charge is -2.35. The van der Waals surface area contributed by atoms with Gasteiger partial charge in [0.2, 0.25) is 0 Å². The number of aromatic amines is 1. The van der Waals surface area contributed by atoms with Crippen LogP contribution in [0.5, 0.6) is 0 Å². The summed E-state index contributed by atoms with van der Waals surface area (Å²) in [5.41, 5.74) is 3.84. The zero-order valence-corrected chi connectivity index (χ0v) is 15.9. The van der Waals surface area contributed by atoms with Gasteiger partial charge in [0.25, 0.3) is 0 Å². The molecule has 1 atom stereocenters. The van der Waals surface area contributed by atoms with E-state index in [4.69, 9.17) is 5.26 Å². The molecule has 3 heterocycles. The second-order valence-electron chi connectivity index (χ2n) is 7.63. The largest absolute Gasteiger partial charge is 0.365 e. The molecule has 0 spiro atoms. The first-order valence-corrected chi connectivity index (χ1v) is 9.97. The van der Waals surface area contributed by atoms with E-state index in [1.807, 2.05) is 0 Å². The van der Waals surface area contributed by atoms with E-state index < -0.39 is 0 Å². The lowest BCUT2D eigenvalue weighted by Crippen LogP contribution is -2.51. The predicted octanol–water partition coefficient (Wildman–Crippen LogP) is 2.82. The molecular formula is C22H24N6. The Hall–Kier alpha value is -3.04. The van der Waals surface area contributed by atoms with Crippen LogP contribution in [-0.4, -0.2) is 42.4 Å². The fourth-order valence-corrected chi connectivity index (χ4v) is 4.52. The van der Waals surface area contributed by atoms with Gasteiger partial charge in [-0.2, -0.15) is 10.4 Å².